The number of fused-ring (bicyclic) bond motifs is 8. The maximum absolute atomic E-state index is 7.10. The highest BCUT2D eigenvalue weighted by Crippen LogP contribution is 2.59. The van der Waals surface area contributed by atoms with Crippen molar-refractivity contribution in [3.63, 3.8) is 0 Å². The van der Waals surface area contributed by atoms with Crippen molar-refractivity contribution in [2.45, 2.75) is 10.8 Å². The van der Waals surface area contributed by atoms with E-state index in [1.54, 1.807) is 0 Å². The fourth-order valence-electron chi connectivity index (χ4n) is 12.3. The first-order valence-electron chi connectivity index (χ1n) is 24.5. The van der Waals surface area contributed by atoms with E-state index < -0.39 is 10.8 Å². The minimum absolute atomic E-state index is 0.495. The van der Waals surface area contributed by atoms with Gasteiger partial charge in [-0.2, -0.15) is 0 Å². The zero-order valence-corrected chi connectivity index (χ0v) is 38.8. The lowest BCUT2D eigenvalue weighted by molar-refractivity contribution is 0.436. The molecule has 1 N–H and O–H groups in total. The van der Waals surface area contributed by atoms with Gasteiger partial charge in [0.2, 0.25) is 0 Å². The van der Waals surface area contributed by atoms with Crippen LogP contribution in [0.2, 0.25) is 0 Å². The van der Waals surface area contributed by atoms with Gasteiger partial charge in [-0.1, -0.05) is 218 Å². The standard InChI is InChI=1S/C68H46N2O/c1-5-23-48(24-6-1)67(49-25-7-2-8-26-49)58-36-17-18-41-64(58)71-66-59(67)37-20-39-61(66)69-60-38-21-40-63-65(60)55-45-47(42-43-62(55)70(63)52-30-11-4-12-31-52)46-22-19-29-51(44-46)68(50-27-9-3-10-28-50)56-34-15-13-32-53(56)54-33-14-16-35-57(54)68/h1-45,69H. The summed E-state index contributed by atoms with van der Waals surface area (Å²) >= 11 is 0. The number of ether oxygens (including phenoxy) is 1. The summed E-state index contributed by atoms with van der Waals surface area (Å²) < 4.78 is 9.50. The molecule has 0 atom stereocenters. The summed E-state index contributed by atoms with van der Waals surface area (Å²) in [6.07, 6.45) is 0. The van der Waals surface area contributed by atoms with Gasteiger partial charge in [-0.3, -0.25) is 0 Å². The predicted molar refractivity (Wildman–Crippen MR) is 292 cm³/mol. The monoisotopic (exact) mass is 906 g/mol. The van der Waals surface area contributed by atoms with E-state index in [4.69, 9.17) is 4.74 Å². The molecule has 3 nitrogen and oxygen atoms in total. The molecular formula is C68H46N2O. The molecule has 2 heterocycles. The van der Waals surface area contributed by atoms with E-state index in [-0.39, 0.29) is 0 Å². The average molecular weight is 907 g/mol. The molecule has 0 radical (unpaired) electrons. The summed E-state index contributed by atoms with van der Waals surface area (Å²) in [6, 6.07) is 99.4. The molecule has 3 heteroatoms. The Morgan fingerprint density at radius 1 is 0.338 bits per heavy atom. The third-order valence-electron chi connectivity index (χ3n) is 15.2. The fourth-order valence-corrected chi connectivity index (χ4v) is 12.3. The zero-order chi connectivity index (χ0) is 46.9. The predicted octanol–water partition coefficient (Wildman–Crippen LogP) is 17.0. The quantitative estimate of drug-likeness (QED) is 0.164. The summed E-state index contributed by atoms with van der Waals surface area (Å²) in [4.78, 5) is 0. The summed E-state index contributed by atoms with van der Waals surface area (Å²) in [5, 5.41) is 6.30. The van der Waals surface area contributed by atoms with Crippen molar-refractivity contribution < 1.29 is 4.74 Å². The smallest absolute Gasteiger partial charge is 0.155 e. The molecule has 14 rings (SSSR count). The molecular weight excluding hydrogens is 861 g/mol. The highest BCUT2D eigenvalue weighted by Gasteiger charge is 2.47. The van der Waals surface area contributed by atoms with Gasteiger partial charge in [0, 0.05) is 33.3 Å². The van der Waals surface area contributed by atoms with Crippen molar-refractivity contribution in [2.24, 2.45) is 0 Å². The third-order valence-corrected chi connectivity index (χ3v) is 15.2. The summed E-state index contributed by atoms with van der Waals surface area (Å²) in [7, 11) is 0. The van der Waals surface area contributed by atoms with Crippen molar-refractivity contribution in [1.29, 1.82) is 0 Å². The van der Waals surface area contributed by atoms with Crippen LogP contribution in [0.25, 0.3) is 49.7 Å². The van der Waals surface area contributed by atoms with Crippen LogP contribution in [0.1, 0.15) is 44.5 Å². The molecule has 1 aliphatic carbocycles. The second kappa shape index (κ2) is 16.2. The highest BCUT2D eigenvalue weighted by molar-refractivity contribution is 6.16. The minimum Gasteiger partial charge on any atom is -0.454 e. The van der Waals surface area contributed by atoms with Crippen LogP contribution in [0.5, 0.6) is 11.5 Å². The Labute approximate surface area is 413 Å². The van der Waals surface area contributed by atoms with Gasteiger partial charge < -0.3 is 14.6 Å². The Balaban J connectivity index is 0.968. The molecule has 334 valence electrons. The van der Waals surface area contributed by atoms with Crippen molar-refractivity contribution in [1.82, 2.24) is 4.57 Å². The van der Waals surface area contributed by atoms with E-state index >= 15 is 0 Å². The van der Waals surface area contributed by atoms with Gasteiger partial charge >= 0.3 is 0 Å². The second-order valence-corrected chi connectivity index (χ2v) is 18.8. The van der Waals surface area contributed by atoms with Gasteiger partial charge in [-0.15, -0.1) is 0 Å². The van der Waals surface area contributed by atoms with E-state index in [0.717, 1.165) is 72.6 Å². The minimum atomic E-state index is -0.634. The van der Waals surface area contributed by atoms with E-state index in [9.17, 15) is 0 Å². The molecule has 0 fully saturated rings. The van der Waals surface area contributed by atoms with Crippen LogP contribution in [0.4, 0.5) is 11.4 Å². The summed E-state index contributed by atoms with van der Waals surface area (Å²) in [5.74, 6) is 1.65. The first kappa shape index (κ1) is 40.8. The number of nitrogens with zero attached hydrogens (tertiary/aromatic N) is 1. The number of benzene rings is 11. The van der Waals surface area contributed by atoms with Crippen molar-refractivity contribution >= 4 is 33.2 Å². The molecule has 0 bridgehead atoms. The average Bonchev–Trinajstić information content (AvgIpc) is 3.95. The third kappa shape index (κ3) is 6.03. The maximum atomic E-state index is 7.10. The molecule has 0 saturated heterocycles. The Hall–Kier alpha value is -9.18. The molecule has 71 heavy (non-hydrogen) atoms. The molecule has 1 aromatic heterocycles. The Bertz CT molecular complexity index is 3900. The molecule has 12 aromatic rings. The number of anilines is 2. The van der Waals surface area contributed by atoms with Crippen LogP contribution in [-0.2, 0) is 10.8 Å². The second-order valence-electron chi connectivity index (χ2n) is 18.8. The maximum Gasteiger partial charge on any atom is 0.155 e. The number of hydrogen-bond donors (Lipinski definition) is 1. The number of aromatic nitrogens is 1. The van der Waals surface area contributed by atoms with Crippen LogP contribution in [0, 0.1) is 0 Å². The van der Waals surface area contributed by atoms with Crippen LogP contribution >= 0.6 is 0 Å². The molecule has 1 aliphatic heterocycles. The van der Waals surface area contributed by atoms with Gasteiger partial charge in [-0.05, 0) is 110 Å². The molecule has 0 spiro atoms. The Kier molecular flexibility index (Phi) is 9.33. The topological polar surface area (TPSA) is 26.2 Å². The number of nitrogens with one attached hydrogen (secondary N) is 1. The first-order valence-corrected chi connectivity index (χ1v) is 24.5. The summed E-state index contributed by atoms with van der Waals surface area (Å²) in [5.41, 5.74) is 18.7. The zero-order valence-electron chi connectivity index (χ0n) is 38.8. The molecule has 11 aromatic carbocycles. The van der Waals surface area contributed by atoms with E-state index in [1.807, 2.05) is 0 Å². The van der Waals surface area contributed by atoms with Crippen molar-refractivity contribution in [2.75, 3.05) is 5.32 Å². The summed E-state index contributed by atoms with van der Waals surface area (Å²) in [6.45, 7) is 0. The van der Waals surface area contributed by atoms with Gasteiger partial charge in [0.1, 0.15) is 5.75 Å². The van der Waals surface area contributed by atoms with E-state index in [2.05, 4.69) is 283 Å². The largest absolute Gasteiger partial charge is 0.454 e. The molecule has 0 unspecified atom stereocenters. The van der Waals surface area contributed by atoms with Crippen molar-refractivity contribution in [3.8, 4) is 39.4 Å². The lowest BCUT2D eigenvalue weighted by atomic mass is 9.63. The molecule has 2 aliphatic rings. The SMILES string of the molecule is c1ccc(-n2c3ccc(-c4cccc(C5(c6ccccc6)c6ccccc6-c6ccccc65)c4)cc3c3c(Nc4cccc5c4Oc4ccccc4C5(c4ccccc4)c4ccccc4)cccc32)cc1. The first-order chi connectivity index (χ1) is 35.2. The van der Waals surface area contributed by atoms with Gasteiger partial charge in [0.15, 0.2) is 5.75 Å². The lowest BCUT2D eigenvalue weighted by Gasteiger charge is -2.42. The lowest BCUT2D eigenvalue weighted by Crippen LogP contribution is -2.34. The molecule has 0 saturated carbocycles. The fraction of sp³-hybridized carbons (Fsp3) is 0.0294. The van der Waals surface area contributed by atoms with E-state index in [0.29, 0.717) is 0 Å². The normalized spacial score (nSPS) is 13.7. The van der Waals surface area contributed by atoms with E-state index in [1.165, 1.54) is 44.5 Å². The Morgan fingerprint density at radius 2 is 0.831 bits per heavy atom. The number of rotatable bonds is 8. The van der Waals surface area contributed by atoms with Gasteiger partial charge in [0.05, 0.1) is 27.6 Å². The van der Waals surface area contributed by atoms with Crippen LogP contribution < -0.4 is 10.1 Å². The number of hydrogen-bond acceptors (Lipinski definition) is 2. The van der Waals surface area contributed by atoms with Crippen LogP contribution in [0.3, 0.4) is 0 Å². The van der Waals surface area contributed by atoms with Crippen molar-refractivity contribution in [3.05, 3.63) is 317 Å². The van der Waals surface area contributed by atoms with Crippen LogP contribution in [-0.4, -0.2) is 4.57 Å². The number of para-hydroxylation sites is 3. The van der Waals surface area contributed by atoms with Crippen LogP contribution in [0.15, 0.2) is 273 Å². The van der Waals surface area contributed by atoms with Gasteiger partial charge in [0.25, 0.3) is 0 Å². The highest BCUT2D eigenvalue weighted by atomic mass is 16.5. The van der Waals surface area contributed by atoms with Gasteiger partial charge in [-0.25, -0.2) is 0 Å². The molecule has 0 amide bonds. The Morgan fingerprint density at radius 3 is 1.49 bits per heavy atom.